The Balaban J connectivity index is 2.18. The van der Waals surface area contributed by atoms with Crippen LogP contribution in [0.1, 0.15) is 22.3 Å². The molecule has 2 rings (SSSR count). The van der Waals surface area contributed by atoms with Crippen LogP contribution in [0.3, 0.4) is 0 Å². The first-order chi connectivity index (χ1) is 9.76. The van der Waals surface area contributed by atoms with E-state index >= 15 is 0 Å². The smallest absolute Gasteiger partial charge is 0.102 e. The van der Waals surface area contributed by atoms with Crippen LogP contribution in [0.2, 0.25) is 0 Å². The number of rotatable bonds is 5. The normalized spacial score (nSPS) is 10.1. The molecule has 102 valence electrons. The van der Waals surface area contributed by atoms with Crippen LogP contribution in [0.4, 0.5) is 5.69 Å². The van der Waals surface area contributed by atoms with E-state index in [-0.39, 0.29) is 0 Å². The van der Waals surface area contributed by atoms with E-state index < -0.39 is 0 Å². The van der Waals surface area contributed by atoms with Crippen LogP contribution in [-0.4, -0.2) is 7.11 Å². The molecule has 0 unspecified atom stereocenters. The number of nitrogens with one attached hydrogen (secondary N) is 1. The van der Waals surface area contributed by atoms with Gasteiger partial charge in [0.1, 0.15) is 6.07 Å². The van der Waals surface area contributed by atoms with Crippen molar-refractivity contribution in [2.24, 2.45) is 0 Å². The van der Waals surface area contributed by atoms with Crippen LogP contribution in [-0.2, 0) is 17.9 Å². The van der Waals surface area contributed by atoms with Crippen molar-refractivity contribution in [2.75, 3.05) is 12.4 Å². The third-order valence-corrected chi connectivity index (χ3v) is 3.27. The Labute approximate surface area is 119 Å². The lowest BCUT2D eigenvalue weighted by molar-refractivity contribution is 0.184. The van der Waals surface area contributed by atoms with Crippen molar-refractivity contribution in [1.29, 1.82) is 5.26 Å². The molecule has 0 heterocycles. The second-order valence-electron chi connectivity index (χ2n) is 4.66. The fourth-order valence-corrected chi connectivity index (χ4v) is 2.18. The lowest BCUT2D eigenvalue weighted by atomic mass is 10.1. The van der Waals surface area contributed by atoms with Gasteiger partial charge >= 0.3 is 0 Å². The highest BCUT2D eigenvalue weighted by Crippen LogP contribution is 2.20. The molecular formula is C17H18N2O. The molecule has 0 aliphatic heterocycles. The molecule has 0 aromatic heterocycles. The molecule has 0 radical (unpaired) electrons. The number of benzene rings is 2. The number of hydrogen-bond donors (Lipinski definition) is 1. The number of aryl methyl sites for hydroxylation is 1. The molecule has 20 heavy (non-hydrogen) atoms. The van der Waals surface area contributed by atoms with E-state index in [1.807, 2.05) is 37.3 Å². The Morgan fingerprint density at radius 3 is 2.55 bits per heavy atom. The predicted molar refractivity (Wildman–Crippen MR) is 80.4 cm³/mol. The topological polar surface area (TPSA) is 45.0 Å². The summed E-state index contributed by atoms with van der Waals surface area (Å²) in [5.74, 6) is 0. The van der Waals surface area contributed by atoms with Gasteiger partial charge in [0.15, 0.2) is 0 Å². The zero-order chi connectivity index (χ0) is 14.4. The summed E-state index contributed by atoms with van der Waals surface area (Å²) in [4.78, 5) is 0. The summed E-state index contributed by atoms with van der Waals surface area (Å²) >= 11 is 0. The maximum absolute atomic E-state index is 9.23. The largest absolute Gasteiger partial charge is 0.380 e. The van der Waals surface area contributed by atoms with Gasteiger partial charge in [-0.1, -0.05) is 36.4 Å². The molecule has 1 N–H and O–H groups in total. The van der Waals surface area contributed by atoms with Crippen molar-refractivity contribution in [2.45, 2.75) is 20.1 Å². The van der Waals surface area contributed by atoms with Crippen LogP contribution in [0.5, 0.6) is 0 Å². The van der Waals surface area contributed by atoms with Crippen molar-refractivity contribution < 1.29 is 4.74 Å². The van der Waals surface area contributed by atoms with E-state index in [2.05, 4.69) is 23.5 Å². The first-order valence-electron chi connectivity index (χ1n) is 6.55. The van der Waals surface area contributed by atoms with Crippen molar-refractivity contribution in [1.82, 2.24) is 0 Å². The number of nitriles is 1. The van der Waals surface area contributed by atoms with E-state index in [1.54, 1.807) is 7.11 Å². The molecule has 0 aliphatic rings. The van der Waals surface area contributed by atoms with Crippen molar-refractivity contribution in [3.63, 3.8) is 0 Å². The molecule has 0 fully saturated rings. The van der Waals surface area contributed by atoms with Gasteiger partial charge in [-0.05, 0) is 29.7 Å². The molecule has 0 saturated carbocycles. The fourth-order valence-electron chi connectivity index (χ4n) is 2.18. The maximum atomic E-state index is 9.23. The average molecular weight is 266 g/mol. The van der Waals surface area contributed by atoms with Gasteiger partial charge in [-0.2, -0.15) is 5.26 Å². The maximum Gasteiger partial charge on any atom is 0.102 e. The quantitative estimate of drug-likeness (QED) is 0.899. The number of ether oxygens (including phenoxy) is 1. The zero-order valence-corrected chi connectivity index (χ0v) is 11.8. The van der Waals surface area contributed by atoms with E-state index in [9.17, 15) is 5.26 Å². The number of methoxy groups -OCH3 is 1. The molecular weight excluding hydrogens is 248 g/mol. The molecule has 2 aromatic rings. The van der Waals surface area contributed by atoms with Gasteiger partial charge in [0.05, 0.1) is 17.9 Å². The van der Waals surface area contributed by atoms with Gasteiger partial charge in [-0.15, -0.1) is 0 Å². The number of hydrogen-bond acceptors (Lipinski definition) is 3. The van der Waals surface area contributed by atoms with E-state index in [4.69, 9.17) is 4.74 Å². The minimum absolute atomic E-state index is 0.594. The molecule has 0 amide bonds. The summed E-state index contributed by atoms with van der Waals surface area (Å²) in [6.45, 7) is 3.22. The summed E-state index contributed by atoms with van der Waals surface area (Å²) in [5, 5.41) is 12.6. The second kappa shape index (κ2) is 6.74. The Bertz CT molecular complexity index is 629. The summed E-state index contributed by atoms with van der Waals surface area (Å²) < 4.78 is 5.20. The summed E-state index contributed by atoms with van der Waals surface area (Å²) in [6.07, 6.45) is 0. The van der Waals surface area contributed by atoms with Crippen LogP contribution < -0.4 is 5.32 Å². The van der Waals surface area contributed by atoms with Crippen LogP contribution in [0, 0.1) is 18.3 Å². The highest BCUT2D eigenvalue weighted by molar-refractivity contribution is 5.60. The average Bonchev–Trinajstić information content (AvgIpc) is 2.47. The molecule has 3 heteroatoms. The van der Waals surface area contributed by atoms with E-state index in [1.165, 1.54) is 5.56 Å². The van der Waals surface area contributed by atoms with E-state index in [0.717, 1.165) is 16.8 Å². The highest BCUT2D eigenvalue weighted by Gasteiger charge is 2.06. The van der Waals surface area contributed by atoms with Crippen LogP contribution >= 0.6 is 0 Å². The molecule has 0 saturated heterocycles. The third-order valence-electron chi connectivity index (χ3n) is 3.27. The Morgan fingerprint density at radius 2 is 1.85 bits per heavy atom. The summed E-state index contributed by atoms with van der Waals surface area (Å²) in [5.41, 5.74) is 4.91. The Kier molecular flexibility index (Phi) is 4.75. The molecule has 0 aliphatic carbocycles. The molecule has 0 spiro atoms. The number of anilines is 1. The lowest BCUT2D eigenvalue weighted by Crippen LogP contribution is -2.05. The van der Waals surface area contributed by atoms with Gasteiger partial charge in [0, 0.05) is 13.7 Å². The zero-order valence-electron chi connectivity index (χ0n) is 11.8. The van der Waals surface area contributed by atoms with Gasteiger partial charge in [-0.3, -0.25) is 0 Å². The molecule has 0 bridgehead atoms. The minimum Gasteiger partial charge on any atom is -0.380 e. The van der Waals surface area contributed by atoms with Gasteiger partial charge in [0.25, 0.3) is 0 Å². The Morgan fingerprint density at radius 1 is 1.10 bits per heavy atom. The predicted octanol–water partition coefficient (Wildman–Crippen LogP) is 3.63. The highest BCUT2D eigenvalue weighted by atomic mass is 16.5. The second-order valence-corrected chi connectivity index (χ2v) is 4.66. The van der Waals surface area contributed by atoms with Crippen molar-refractivity contribution in [3.05, 3.63) is 64.7 Å². The summed E-state index contributed by atoms with van der Waals surface area (Å²) in [7, 11) is 1.69. The van der Waals surface area contributed by atoms with Crippen LogP contribution in [0.25, 0.3) is 0 Å². The van der Waals surface area contributed by atoms with Gasteiger partial charge in [-0.25, -0.2) is 0 Å². The SMILES string of the molecule is COCc1ccccc1CNc1cccc(C)c1C#N. The van der Waals surface area contributed by atoms with Crippen LogP contribution in [0.15, 0.2) is 42.5 Å². The van der Waals surface area contributed by atoms with Crippen molar-refractivity contribution in [3.8, 4) is 6.07 Å². The minimum atomic E-state index is 0.594. The molecule has 3 nitrogen and oxygen atoms in total. The third kappa shape index (κ3) is 3.17. The van der Waals surface area contributed by atoms with Gasteiger partial charge in [0.2, 0.25) is 0 Å². The summed E-state index contributed by atoms with van der Waals surface area (Å²) in [6, 6.07) is 16.2. The van der Waals surface area contributed by atoms with Gasteiger partial charge < -0.3 is 10.1 Å². The molecule has 0 atom stereocenters. The Hall–Kier alpha value is -2.31. The molecule has 2 aromatic carbocycles. The van der Waals surface area contributed by atoms with Crippen molar-refractivity contribution >= 4 is 5.69 Å². The first kappa shape index (κ1) is 14.1. The number of nitrogens with zero attached hydrogens (tertiary/aromatic N) is 1. The lowest BCUT2D eigenvalue weighted by Gasteiger charge is -2.12. The monoisotopic (exact) mass is 266 g/mol. The fraction of sp³-hybridized carbons (Fsp3) is 0.235. The van der Waals surface area contributed by atoms with E-state index in [0.29, 0.717) is 18.7 Å². The standard InChI is InChI=1S/C17H18N2O/c1-13-6-5-9-17(16(13)10-18)19-11-14-7-3-4-8-15(14)12-20-2/h3-9,19H,11-12H2,1-2H3. The first-order valence-corrected chi connectivity index (χ1v) is 6.55.